The number of amides is 1. The zero-order valence-electron chi connectivity index (χ0n) is 16.9. The normalized spacial score (nSPS) is 13.1. The zero-order chi connectivity index (χ0) is 21.1. The predicted molar refractivity (Wildman–Crippen MR) is 115 cm³/mol. The van der Waals surface area contributed by atoms with Crippen LogP contribution >= 0.6 is 11.8 Å². The third-order valence-corrected chi connectivity index (χ3v) is 5.71. The molecule has 30 heavy (non-hydrogen) atoms. The Morgan fingerprint density at radius 1 is 1.10 bits per heavy atom. The lowest BCUT2D eigenvalue weighted by atomic mass is 10.0. The van der Waals surface area contributed by atoms with E-state index in [2.05, 4.69) is 10.2 Å². The van der Waals surface area contributed by atoms with Crippen molar-refractivity contribution in [2.75, 3.05) is 24.3 Å². The van der Waals surface area contributed by atoms with Gasteiger partial charge in [0, 0.05) is 17.9 Å². The highest BCUT2D eigenvalue weighted by Crippen LogP contribution is 2.26. The first kappa shape index (κ1) is 20.2. The summed E-state index contributed by atoms with van der Waals surface area (Å²) in [5.41, 5.74) is 3.30. The number of hydrogen-bond donors (Lipinski definition) is 0. The fraction of sp³-hybridized carbons (Fsp3) is 0.273. The molecule has 1 aliphatic rings. The van der Waals surface area contributed by atoms with E-state index >= 15 is 0 Å². The lowest BCUT2D eigenvalue weighted by molar-refractivity contribution is -0.121. The van der Waals surface area contributed by atoms with Gasteiger partial charge in [-0.1, -0.05) is 30.0 Å². The van der Waals surface area contributed by atoms with E-state index in [1.54, 1.807) is 17.0 Å². The molecule has 0 atom stereocenters. The summed E-state index contributed by atoms with van der Waals surface area (Å²) < 4.78 is 7.21. The molecule has 0 fully saturated rings. The number of benzene rings is 2. The second kappa shape index (κ2) is 8.71. The Hall–Kier alpha value is -3.13. The van der Waals surface area contributed by atoms with Gasteiger partial charge < -0.3 is 9.64 Å². The molecule has 1 aromatic heterocycles. The van der Waals surface area contributed by atoms with Gasteiger partial charge >= 0.3 is 5.97 Å². The molecule has 2 aromatic carbocycles. The summed E-state index contributed by atoms with van der Waals surface area (Å²) in [7, 11) is 0. The van der Waals surface area contributed by atoms with Gasteiger partial charge in [-0.25, -0.2) is 4.79 Å². The quantitative estimate of drug-likeness (QED) is 0.463. The average Bonchev–Trinajstić information content (AvgIpc) is 3.17. The molecule has 1 amide bonds. The lowest BCUT2D eigenvalue weighted by Gasteiger charge is -2.29. The molecule has 0 spiro atoms. The first-order valence-corrected chi connectivity index (χ1v) is 10.9. The average molecular weight is 423 g/mol. The Morgan fingerprint density at radius 2 is 1.87 bits per heavy atom. The van der Waals surface area contributed by atoms with Crippen LogP contribution in [0.3, 0.4) is 0 Å². The van der Waals surface area contributed by atoms with E-state index in [1.165, 1.54) is 11.8 Å². The SMILES string of the molecule is CSc1nnc(C)n1-c1ccc(C(=O)OCC(=O)N2CCCc3ccccc32)cc1. The highest BCUT2D eigenvalue weighted by Gasteiger charge is 2.23. The molecular weight excluding hydrogens is 400 g/mol. The Balaban J connectivity index is 1.41. The van der Waals surface area contributed by atoms with Gasteiger partial charge in [0.25, 0.3) is 5.91 Å². The fourth-order valence-corrected chi connectivity index (χ4v) is 4.14. The summed E-state index contributed by atoms with van der Waals surface area (Å²) in [5.74, 6) is 0.0321. The molecule has 2 heterocycles. The third kappa shape index (κ3) is 3.95. The molecule has 1 aliphatic heterocycles. The second-order valence-corrected chi connectivity index (χ2v) is 7.74. The molecular formula is C22H22N4O3S. The number of carbonyl (C=O) groups is 2. The van der Waals surface area contributed by atoms with E-state index in [0.717, 1.165) is 40.8 Å². The van der Waals surface area contributed by atoms with Crippen LogP contribution in [0.15, 0.2) is 53.7 Å². The highest BCUT2D eigenvalue weighted by molar-refractivity contribution is 7.98. The number of fused-ring (bicyclic) bond motifs is 1. The summed E-state index contributed by atoms with van der Waals surface area (Å²) in [6.45, 7) is 2.23. The maximum atomic E-state index is 12.6. The first-order valence-electron chi connectivity index (χ1n) is 9.70. The lowest BCUT2D eigenvalue weighted by Crippen LogP contribution is -2.38. The van der Waals surface area contributed by atoms with Crippen molar-refractivity contribution < 1.29 is 14.3 Å². The number of para-hydroxylation sites is 1. The van der Waals surface area contributed by atoms with Crippen LogP contribution in [0.4, 0.5) is 5.69 Å². The fourth-order valence-electron chi connectivity index (χ4n) is 3.60. The van der Waals surface area contributed by atoms with Crippen molar-refractivity contribution in [3.05, 3.63) is 65.5 Å². The van der Waals surface area contributed by atoms with Crippen molar-refractivity contribution >= 4 is 29.3 Å². The van der Waals surface area contributed by atoms with E-state index in [9.17, 15) is 9.59 Å². The van der Waals surface area contributed by atoms with Crippen molar-refractivity contribution in [3.63, 3.8) is 0 Å². The number of aromatic nitrogens is 3. The minimum atomic E-state index is -0.522. The predicted octanol–water partition coefficient (Wildman–Crippen LogP) is 3.43. The van der Waals surface area contributed by atoms with E-state index in [1.807, 2.05) is 54.1 Å². The molecule has 154 valence electrons. The van der Waals surface area contributed by atoms with Crippen molar-refractivity contribution in [2.24, 2.45) is 0 Å². The monoisotopic (exact) mass is 422 g/mol. The molecule has 8 heteroatoms. The number of hydrogen-bond acceptors (Lipinski definition) is 6. The van der Waals surface area contributed by atoms with E-state index in [0.29, 0.717) is 12.1 Å². The van der Waals surface area contributed by atoms with E-state index in [4.69, 9.17) is 4.74 Å². The van der Waals surface area contributed by atoms with Crippen molar-refractivity contribution in [1.82, 2.24) is 14.8 Å². The van der Waals surface area contributed by atoms with Gasteiger partial charge in [0.15, 0.2) is 11.8 Å². The van der Waals surface area contributed by atoms with Gasteiger partial charge in [-0.3, -0.25) is 9.36 Å². The Bertz CT molecular complexity index is 1080. The summed E-state index contributed by atoms with van der Waals surface area (Å²) >= 11 is 1.50. The van der Waals surface area contributed by atoms with Crippen LogP contribution in [0, 0.1) is 6.92 Å². The second-order valence-electron chi connectivity index (χ2n) is 6.97. The molecule has 0 saturated carbocycles. The maximum absolute atomic E-state index is 12.6. The van der Waals surface area contributed by atoms with Gasteiger partial charge in [-0.15, -0.1) is 10.2 Å². The first-order chi connectivity index (χ1) is 14.6. The summed E-state index contributed by atoms with van der Waals surface area (Å²) in [5, 5.41) is 8.98. The van der Waals surface area contributed by atoms with Crippen LogP contribution in [0.25, 0.3) is 5.69 Å². The van der Waals surface area contributed by atoms with Gasteiger partial charge in [0.2, 0.25) is 0 Å². The number of thioether (sulfide) groups is 1. The van der Waals surface area contributed by atoms with Crippen molar-refractivity contribution in [3.8, 4) is 5.69 Å². The molecule has 0 saturated heterocycles. The molecule has 4 rings (SSSR count). The molecule has 0 N–H and O–H groups in total. The largest absolute Gasteiger partial charge is 0.452 e. The van der Waals surface area contributed by atoms with E-state index < -0.39 is 5.97 Å². The number of rotatable bonds is 5. The number of anilines is 1. The summed E-state index contributed by atoms with van der Waals surface area (Å²) in [4.78, 5) is 26.8. The van der Waals surface area contributed by atoms with Gasteiger partial charge in [0.05, 0.1) is 5.56 Å². The number of aryl methyl sites for hydroxylation is 2. The number of nitrogens with zero attached hydrogens (tertiary/aromatic N) is 4. The molecule has 0 radical (unpaired) electrons. The van der Waals surface area contributed by atoms with Crippen LogP contribution in [0.1, 0.15) is 28.2 Å². The molecule has 0 bridgehead atoms. The number of esters is 1. The minimum Gasteiger partial charge on any atom is -0.452 e. The van der Waals surface area contributed by atoms with Crippen molar-refractivity contribution in [1.29, 1.82) is 0 Å². The molecule has 0 aliphatic carbocycles. The molecule has 3 aromatic rings. The highest BCUT2D eigenvalue weighted by atomic mass is 32.2. The van der Waals surface area contributed by atoms with Crippen LogP contribution < -0.4 is 4.90 Å². The van der Waals surface area contributed by atoms with E-state index in [-0.39, 0.29) is 12.5 Å². The van der Waals surface area contributed by atoms with Crippen LogP contribution in [0.5, 0.6) is 0 Å². The van der Waals surface area contributed by atoms with Crippen molar-refractivity contribution in [2.45, 2.75) is 24.9 Å². The van der Waals surface area contributed by atoms with Gasteiger partial charge in [-0.05, 0) is 61.9 Å². The third-order valence-electron chi connectivity index (χ3n) is 5.08. The Labute approximate surface area is 179 Å². The van der Waals surface area contributed by atoms with Gasteiger partial charge in [-0.2, -0.15) is 0 Å². The van der Waals surface area contributed by atoms with Crippen LogP contribution in [0.2, 0.25) is 0 Å². The summed E-state index contributed by atoms with van der Waals surface area (Å²) in [6, 6.07) is 14.8. The minimum absolute atomic E-state index is 0.211. The smallest absolute Gasteiger partial charge is 0.338 e. The molecule has 0 unspecified atom stereocenters. The van der Waals surface area contributed by atoms with Crippen LogP contribution in [-0.2, 0) is 16.0 Å². The van der Waals surface area contributed by atoms with Crippen LogP contribution in [-0.4, -0.2) is 46.0 Å². The van der Waals surface area contributed by atoms with Gasteiger partial charge in [0.1, 0.15) is 5.82 Å². The Morgan fingerprint density at radius 3 is 2.63 bits per heavy atom. The Kier molecular flexibility index (Phi) is 5.85. The number of ether oxygens (including phenoxy) is 1. The number of carbonyl (C=O) groups excluding carboxylic acids is 2. The maximum Gasteiger partial charge on any atom is 0.338 e. The topological polar surface area (TPSA) is 77.3 Å². The zero-order valence-corrected chi connectivity index (χ0v) is 17.7. The molecule has 7 nitrogen and oxygen atoms in total. The summed E-state index contributed by atoms with van der Waals surface area (Å²) in [6.07, 6.45) is 3.79. The standard InChI is InChI=1S/C22H22N4O3S/c1-15-23-24-22(30-2)26(15)18-11-9-17(10-12-18)21(28)29-14-20(27)25-13-5-7-16-6-3-4-8-19(16)25/h3-4,6,8-12H,5,7,13-14H2,1-2H3.